The largest absolute Gasteiger partial charge is 0.177 e. The second-order valence-electron chi connectivity index (χ2n) is 5.46. The number of benzene rings is 1. The topological polar surface area (TPSA) is 0 Å². The third-order valence-electron chi connectivity index (χ3n) is 3.21. The van der Waals surface area contributed by atoms with Gasteiger partial charge in [0.15, 0.2) is 0 Å². The molecule has 1 heteroatoms. The summed E-state index contributed by atoms with van der Waals surface area (Å²) in [7, 11) is 0. The summed E-state index contributed by atoms with van der Waals surface area (Å²) >= 11 is 0. The van der Waals surface area contributed by atoms with Gasteiger partial charge in [-0.15, -0.1) is 5.56 Å². The Hall–Kier alpha value is 0.103. The molecule has 0 saturated carbocycles. The molecule has 0 heterocycles. The number of aryl methyl sites for hydroxylation is 2. The van der Waals surface area contributed by atoms with Crippen LogP contribution in [0.15, 0.2) is 0 Å². The molecule has 0 N–H and O–H groups in total. The SMILES string of the molecule is CC.CCc1[c-]c(C)c(C(C)(C)C)c(C)c1C.[Zr]. The van der Waals surface area contributed by atoms with E-state index in [4.69, 9.17) is 0 Å². The zero-order chi connectivity index (χ0) is 13.8. The van der Waals surface area contributed by atoms with E-state index in [2.05, 4.69) is 54.5 Å². The number of hydrogen-bond donors (Lipinski definition) is 0. The van der Waals surface area contributed by atoms with Crippen LogP contribution in [0, 0.1) is 26.8 Å². The molecule has 0 aliphatic rings. The van der Waals surface area contributed by atoms with Crippen LogP contribution < -0.4 is 0 Å². The Balaban J connectivity index is 0. The van der Waals surface area contributed by atoms with E-state index in [1.807, 2.05) is 13.8 Å². The molecule has 18 heavy (non-hydrogen) atoms. The molecule has 0 spiro atoms. The average molecular weight is 325 g/mol. The molecule has 0 atom stereocenters. The van der Waals surface area contributed by atoms with E-state index in [-0.39, 0.29) is 31.6 Å². The van der Waals surface area contributed by atoms with E-state index < -0.39 is 0 Å². The summed E-state index contributed by atoms with van der Waals surface area (Å²) in [5, 5.41) is 0. The van der Waals surface area contributed by atoms with Gasteiger partial charge < -0.3 is 0 Å². The van der Waals surface area contributed by atoms with Crippen LogP contribution in [0.4, 0.5) is 0 Å². The molecule has 0 fully saturated rings. The monoisotopic (exact) mass is 323 g/mol. The van der Waals surface area contributed by atoms with Crippen molar-refractivity contribution in [3.05, 3.63) is 33.9 Å². The first-order valence-corrected chi connectivity index (χ1v) is 6.81. The third-order valence-corrected chi connectivity index (χ3v) is 3.21. The smallest absolute Gasteiger partial charge is 0 e. The Morgan fingerprint density at radius 3 is 1.72 bits per heavy atom. The van der Waals surface area contributed by atoms with Gasteiger partial charge in [-0.2, -0.15) is 28.3 Å². The Morgan fingerprint density at radius 1 is 0.944 bits per heavy atom. The summed E-state index contributed by atoms with van der Waals surface area (Å²) in [6.45, 7) is 19.7. The van der Waals surface area contributed by atoms with Gasteiger partial charge in [-0.25, -0.2) is 0 Å². The summed E-state index contributed by atoms with van der Waals surface area (Å²) in [6, 6.07) is 3.54. The van der Waals surface area contributed by atoms with Gasteiger partial charge in [-0.05, 0) is 0 Å². The molecular formula is C17H29Zr-. The quantitative estimate of drug-likeness (QED) is 0.615. The van der Waals surface area contributed by atoms with Gasteiger partial charge >= 0.3 is 0 Å². The molecule has 0 aliphatic heterocycles. The summed E-state index contributed by atoms with van der Waals surface area (Å²) < 4.78 is 0. The first-order valence-electron chi connectivity index (χ1n) is 6.81. The van der Waals surface area contributed by atoms with E-state index in [0.717, 1.165) is 6.42 Å². The number of hydrogen-bond acceptors (Lipinski definition) is 0. The standard InChI is InChI=1S/C15H23.C2H6.Zr/c1-8-13-9-10(2)14(15(5,6)7)12(4)11(13)3;1-2;/h8H2,1-7H3;1-2H3;/q-1;;. The van der Waals surface area contributed by atoms with Gasteiger partial charge in [0.2, 0.25) is 0 Å². The van der Waals surface area contributed by atoms with Crippen LogP contribution in [-0.2, 0) is 38.0 Å². The molecule has 1 rings (SSSR count). The van der Waals surface area contributed by atoms with Crippen LogP contribution in [-0.4, -0.2) is 0 Å². The summed E-state index contributed by atoms with van der Waals surface area (Å²) in [4.78, 5) is 0. The van der Waals surface area contributed by atoms with Gasteiger partial charge in [0.1, 0.15) is 0 Å². The van der Waals surface area contributed by atoms with Gasteiger partial charge in [-0.1, -0.05) is 74.1 Å². The predicted octanol–water partition coefficient (Wildman–Crippen LogP) is 5.30. The van der Waals surface area contributed by atoms with Crippen LogP contribution in [0.1, 0.15) is 69.4 Å². The zero-order valence-corrected chi connectivity index (χ0v) is 16.2. The van der Waals surface area contributed by atoms with Crippen molar-refractivity contribution in [2.75, 3.05) is 0 Å². The normalized spacial score (nSPS) is 10.3. The van der Waals surface area contributed by atoms with Crippen molar-refractivity contribution in [3.63, 3.8) is 0 Å². The Bertz CT molecular complexity index is 370. The maximum Gasteiger partial charge on any atom is 0 e. The van der Waals surface area contributed by atoms with Crippen LogP contribution in [0.3, 0.4) is 0 Å². The maximum atomic E-state index is 3.54. The van der Waals surface area contributed by atoms with Crippen LogP contribution in [0.5, 0.6) is 0 Å². The molecule has 1 aromatic rings. The van der Waals surface area contributed by atoms with Crippen molar-refractivity contribution in [1.29, 1.82) is 0 Å². The van der Waals surface area contributed by atoms with Gasteiger partial charge in [0.05, 0.1) is 0 Å². The first kappa shape index (κ1) is 20.4. The van der Waals surface area contributed by atoms with Crippen molar-refractivity contribution in [2.45, 2.75) is 74.1 Å². The van der Waals surface area contributed by atoms with Crippen LogP contribution in [0.25, 0.3) is 0 Å². The molecule has 0 radical (unpaired) electrons. The fraction of sp³-hybridized carbons (Fsp3) is 0.647. The van der Waals surface area contributed by atoms with Crippen molar-refractivity contribution in [1.82, 2.24) is 0 Å². The van der Waals surface area contributed by atoms with Crippen molar-refractivity contribution in [2.24, 2.45) is 0 Å². The van der Waals surface area contributed by atoms with E-state index in [1.54, 1.807) is 0 Å². The van der Waals surface area contributed by atoms with Gasteiger partial charge in [-0.3, -0.25) is 0 Å². The van der Waals surface area contributed by atoms with E-state index >= 15 is 0 Å². The summed E-state index contributed by atoms with van der Waals surface area (Å²) in [6.07, 6.45) is 1.08. The Kier molecular flexibility index (Phi) is 9.43. The summed E-state index contributed by atoms with van der Waals surface area (Å²) in [5.41, 5.74) is 7.27. The second-order valence-corrected chi connectivity index (χ2v) is 5.46. The number of rotatable bonds is 1. The third kappa shape index (κ3) is 4.65. The predicted molar refractivity (Wildman–Crippen MR) is 78.9 cm³/mol. The van der Waals surface area contributed by atoms with Crippen LogP contribution >= 0.6 is 0 Å². The summed E-state index contributed by atoms with van der Waals surface area (Å²) in [5.74, 6) is 0. The van der Waals surface area contributed by atoms with Crippen LogP contribution in [0.2, 0.25) is 0 Å². The molecule has 0 bridgehead atoms. The molecule has 102 valence electrons. The minimum atomic E-state index is 0. The average Bonchev–Trinajstić information content (AvgIpc) is 2.24. The van der Waals surface area contributed by atoms with E-state index in [9.17, 15) is 0 Å². The zero-order valence-electron chi connectivity index (χ0n) is 13.7. The minimum Gasteiger partial charge on any atom is -0.177 e. The van der Waals surface area contributed by atoms with Gasteiger partial charge in [0.25, 0.3) is 0 Å². The fourth-order valence-electron chi connectivity index (χ4n) is 2.56. The molecule has 0 unspecified atom stereocenters. The van der Waals surface area contributed by atoms with Crippen molar-refractivity contribution < 1.29 is 26.2 Å². The first-order chi connectivity index (χ1) is 7.79. The molecule has 0 nitrogen and oxygen atoms in total. The fourth-order valence-corrected chi connectivity index (χ4v) is 2.56. The van der Waals surface area contributed by atoms with E-state index in [0.29, 0.717) is 0 Å². The second kappa shape index (κ2) is 8.31. The molecular weight excluding hydrogens is 295 g/mol. The maximum absolute atomic E-state index is 3.54. The van der Waals surface area contributed by atoms with Crippen molar-refractivity contribution >= 4 is 0 Å². The minimum absolute atomic E-state index is 0. The molecule has 0 amide bonds. The molecule has 1 aromatic carbocycles. The molecule has 0 saturated heterocycles. The molecule has 0 aromatic heterocycles. The van der Waals surface area contributed by atoms with E-state index in [1.165, 1.54) is 27.8 Å². The Labute approximate surface area is 134 Å². The molecule has 0 aliphatic carbocycles. The van der Waals surface area contributed by atoms with Gasteiger partial charge in [0, 0.05) is 26.2 Å². The van der Waals surface area contributed by atoms with Crippen molar-refractivity contribution in [3.8, 4) is 0 Å². The Morgan fingerprint density at radius 2 is 1.39 bits per heavy atom.